The van der Waals surface area contributed by atoms with Crippen LogP contribution in [0, 0.1) is 5.41 Å². The van der Waals surface area contributed by atoms with E-state index in [4.69, 9.17) is 0 Å². The molecule has 1 fully saturated rings. The molecular formula is C17H23N5O. The monoisotopic (exact) mass is 313 g/mol. The van der Waals surface area contributed by atoms with Gasteiger partial charge in [-0.15, -0.1) is 0 Å². The van der Waals surface area contributed by atoms with E-state index < -0.39 is 0 Å². The fourth-order valence-electron chi connectivity index (χ4n) is 3.38. The van der Waals surface area contributed by atoms with Gasteiger partial charge in [0.1, 0.15) is 0 Å². The third kappa shape index (κ3) is 2.81. The zero-order valence-corrected chi connectivity index (χ0v) is 14.1. The summed E-state index contributed by atoms with van der Waals surface area (Å²) < 4.78 is 1.73. The van der Waals surface area contributed by atoms with Crippen molar-refractivity contribution in [2.24, 2.45) is 12.5 Å². The van der Waals surface area contributed by atoms with Crippen LogP contribution in [-0.2, 0) is 13.5 Å². The lowest BCUT2D eigenvalue weighted by molar-refractivity contribution is -0.0115. The Morgan fingerprint density at radius 2 is 2.09 bits per heavy atom. The van der Waals surface area contributed by atoms with E-state index in [1.54, 1.807) is 17.1 Å². The SMILES string of the molecule is CCc1nn(C)cc1NC(=O)N1CC(C)(C)[C@@H]1c1ccncc1. The molecule has 0 bridgehead atoms. The molecule has 6 heteroatoms. The van der Waals surface area contributed by atoms with Crippen molar-refractivity contribution < 1.29 is 4.79 Å². The van der Waals surface area contributed by atoms with E-state index >= 15 is 0 Å². The van der Waals surface area contributed by atoms with Crippen LogP contribution in [0.2, 0.25) is 0 Å². The third-order valence-corrected chi connectivity index (χ3v) is 4.39. The summed E-state index contributed by atoms with van der Waals surface area (Å²) in [5, 5.41) is 7.38. The van der Waals surface area contributed by atoms with E-state index in [-0.39, 0.29) is 17.5 Å². The molecule has 0 spiro atoms. The van der Waals surface area contributed by atoms with Gasteiger partial charge in [0.25, 0.3) is 0 Å². The van der Waals surface area contributed by atoms with E-state index in [1.165, 1.54) is 0 Å². The average Bonchev–Trinajstić information content (AvgIpc) is 2.85. The Kier molecular flexibility index (Phi) is 3.83. The normalized spacial score (nSPS) is 19.3. The fourth-order valence-corrected chi connectivity index (χ4v) is 3.38. The summed E-state index contributed by atoms with van der Waals surface area (Å²) in [6, 6.07) is 3.95. The van der Waals surface area contributed by atoms with Crippen LogP contribution in [0.4, 0.5) is 10.5 Å². The molecule has 0 aliphatic carbocycles. The van der Waals surface area contributed by atoms with Crippen LogP contribution in [0.25, 0.3) is 0 Å². The summed E-state index contributed by atoms with van der Waals surface area (Å²) in [4.78, 5) is 18.6. The highest BCUT2D eigenvalue weighted by Gasteiger charge is 2.49. The minimum absolute atomic E-state index is 0.0568. The molecule has 2 aromatic rings. The van der Waals surface area contributed by atoms with Crippen molar-refractivity contribution in [3.8, 4) is 0 Å². The van der Waals surface area contributed by atoms with Crippen molar-refractivity contribution in [1.82, 2.24) is 19.7 Å². The van der Waals surface area contributed by atoms with Gasteiger partial charge in [0, 0.05) is 37.6 Å². The molecule has 1 aliphatic rings. The van der Waals surface area contributed by atoms with Gasteiger partial charge in [-0.2, -0.15) is 5.10 Å². The number of rotatable bonds is 3. The molecule has 0 saturated carbocycles. The molecule has 1 saturated heterocycles. The number of amides is 2. The number of aromatic nitrogens is 3. The van der Waals surface area contributed by atoms with E-state index in [1.807, 2.05) is 37.2 Å². The Hall–Kier alpha value is -2.37. The molecule has 2 amide bonds. The predicted molar refractivity (Wildman–Crippen MR) is 89.1 cm³/mol. The van der Waals surface area contributed by atoms with Gasteiger partial charge in [0.15, 0.2) is 0 Å². The number of hydrogen-bond donors (Lipinski definition) is 1. The van der Waals surface area contributed by atoms with Crippen molar-refractivity contribution in [2.45, 2.75) is 33.2 Å². The Balaban J connectivity index is 1.79. The Morgan fingerprint density at radius 3 is 2.70 bits per heavy atom. The van der Waals surface area contributed by atoms with Gasteiger partial charge < -0.3 is 10.2 Å². The van der Waals surface area contributed by atoms with Crippen LogP contribution < -0.4 is 5.32 Å². The first-order chi connectivity index (χ1) is 10.9. The van der Waals surface area contributed by atoms with Gasteiger partial charge in [-0.25, -0.2) is 4.79 Å². The highest BCUT2D eigenvalue weighted by molar-refractivity contribution is 5.90. The first-order valence-corrected chi connectivity index (χ1v) is 7.92. The lowest BCUT2D eigenvalue weighted by Gasteiger charge is -2.54. The number of nitrogens with zero attached hydrogens (tertiary/aromatic N) is 4. The number of anilines is 1. The predicted octanol–water partition coefficient (Wildman–Crippen LogP) is 2.99. The Bertz CT molecular complexity index is 707. The summed E-state index contributed by atoms with van der Waals surface area (Å²) in [6.07, 6.45) is 6.19. The van der Waals surface area contributed by atoms with Crippen molar-refractivity contribution >= 4 is 11.7 Å². The number of pyridine rings is 1. The van der Waals surface area contributed by atoms with E-state index in [9.17, 15) is 4.79 Å². The largest absolute Gasteiger partial charge is 0.322 e. The lowest BCUT2D eigenvalue weighted by atomic mass is 9.72. The molecule has 6 nitrogen and oxygen atoms in total. The molecule has 1 N–H and O–H groups in total. The van der Waals surface area contributed by atoms with Crippen LogP contribution in [-0.4, -0.2) is 32.2 Å². The van der Waals surface area contributed by atoms with Crippen molar-refractivity contribution in [3.63, 3.8) is 0 Å². The maximum absolute atomic E-state index is 12.7. The zero-order valence-electron chi connectivity index (χ0n) is 14.1. The van der Waals surface area contributed by atoms with E-state index in [2.05, 4.69) is 29.2 Å². The number of hydrogen-bond acceptors (Lipinski definition) is 3. The molecule has 0 unspecified atom stereocenters. The Labute approximate surface area is 136 Å². The standard InChI is InChI=1S/C17H23N5O/c1-5-13-14(10-21(4)20-13)19-16(23)22-11-17(2,3)15(22)12-6-8-18-9-7-12/h6-10,15H,5,11H2,1-4H3,(H,19,23)/t15-/m0/s1. The van der Waals surface area contributed by atoms with Gasteiger partial charge in [-0.05, 0) is 24.1 Å². The number of carbonyl (C=O) groups excluding carboxylic acids is 1. The highest BCUT2D eigenvalue weighted by Crippen LogP contribution is 2.48. The quantitative estimate of drug-likeness (QED) is 0.947. The summed E-state index contributed by atoms with van der Waals surface area (Å²) in [7, 11) is 1.86. The van der Waals surface area contributed by atoms with Gasteiger partial charge in [0.05, 0.1) is 17.4 Å². The number of likely N-dealkylation sites (tertiary alicyclic amines) is 1. The second kappa shape index (κ2) is 5.68. The molecule has 1 aliphatic heterocycles. The highest BCUT2D eigenvalue weighted by atomic mass is 16.2. The zero-order chi connectivity index (χ0) is 16.6. The third-order valence-electron chi connectivity index (χ3n) is 4.39. The van der Waals surface area contributed by atoms with Gasteiger partial charge in [0.2, 0.25) is 0 Å². The van der Waals surface area contributed by atoms with Crippen molar-refractivity contribution in [3.05, 3.63) is 42.0 Å². The molecule has 122 valence electrons. The second-order valence-corrected chi connectivity index (χ2v) is 6.75. The van der Waals surface area contributed by atoms with E-state index in [0.717, 1.165) is 29.9 Å². The lowest BCUT2D eigenvalue weighted by Crippen LogP contribution is -2.59. The maximum atomic E-state index is 12.7. The average molecular weight is 313 g/mol. The van der Waals surface area contributed by atoms with Crippen LogP contribution in [0.3, 0.4) is 0 Å². The maximum Gasteiger partial charge on any atom is 0.322 e. The first-order valence-electron chi connectivity index (χ1n) is 7.92. The minimum Gasteiger partial charge on any atom is -0.316 e. The topological polar surface area (TPSA) is 63.1 Å². The molecule has 0 aromatic carbocycles. The summed E-state index contributed by atoms with van der Waals surface area (Å²) in [5.74, 6) is 0. The molecular weight excluding hydrogens is 290 g/mol. The minimum atomic E-state index is -0.0752. The summed E-state index contributed by atoms with van der Waals surface area (Å²) in [6.45, 7) is 7.13. The first kappa shape index (κ1) is 15.5. The number of urea groups is 1. The molecule has 1 atom stereocenters. The van der Waals surface area contributed by atoms with Crippen LogP contribution >= 0.6 is 0 Å². The number of aryl methyl sites for hydroxylation is 2. The Morgan fingerprint density at radius 1 is 1.39 bits per heavy atom. The number of carbonyl (C=O) groups is 1. The van der Waals surface area contributed by atoms with Gasteiger partial charge in [-0.1, -0.05) is 20.8 Å². The second-order valence-electron chi connectivity index (χ2n) is 6.75. The van der Waals surface area contributed by atoms with Crippen LogP contribution in [0.5, 0.6) is 0 Å². The van der Waals surface area contributed by atoms with Crippen molar-refractivity contribution in [1.29, 1.82) is 0 Å². The van der Waals surface area contributed by atoms with Crippen LogP contribution in [0.15, 0.2) is 30.7 Å². The van der Waals surface area contributed by atoms with Gasteiger partial charge in [-0.3, -0.25) is 9.67 Å². The molecule has 0 radical (unpaired) electrons. The summed E-state index contributed by atoms with van der Waals surface area (Å²) in [5.41, 5.74) is 2.87. The van der Waals surface area contributed by atoms with E-state index in [0.29, 0.717) is 0 Å². The smallest absolute Gasteiger partial charge is 0.316 e. The molecule has 3 heterocycles. The van der Waals surface area contributed by atoms with Gasteiger partial charge >= 0.3 is 6.03 Å². The number of nitrogens with one attached hydrogen (secondary N) is 1. The molecule has 2 aromatic heterocycles. The fraction of sp³-hybridized carbons (Fsp3) is 0.471. The van der Waals surface area contributed by atoms with Crippen LogP contribution in [0.1, 0.15) is 38.1 Å². The van der Waals surface area contributed by atoms with Crippen molar-refractivity contribution in [2.75, 3.05) is 11.9 Å². The molecule has 23 heavy (non-hydrogen) atoms. The molecule has 3 rings (SSSR count). The summed E-state index contributed by atoms with van der Waals surface area (Å²) >= 11 is 0.